The number of pyridine rings is 1. The van der Waals surface area contributed by atoms with E-state index < -0.39 is 0 Å². The summed E-state index contributed by atoms with van der Waals surface area (Å²) < 4.78 is 5.69. The number of aromatic nitrogens is 1. The van der Waals surface area contributed by atoms with Gasteiger partial charge in [0.1, 0.15) is 11.3 Å². The maximum atomic E-state index is 5.90. The van der Waals surface area contributed by atoms with Crippen molar-refractivity contribution in [2.75, 3.05) is 5.73 Å². The molecule has 0 amide bonds. The van der Waals surface area contributed by atoms with E-state index in [1.165, 1.54) is 0 Å². The van der Waals surface area contributed by atoms with Crippen molar-refractivity contribution < 1.29 is 4.42 Å². The quantitative estimate of drug-likeness (QED) is 0.710. The zero-order chi connectivity index (χ0) is 11.8. The predicted molar refractivity (Wildman–Crippen MR) is 68.9 cm³/mol. The van der Waals surface area contributed by atoms with E-state index in [9.17, 15) is 0 Å². The molecular formula is C13H9ClN2O. The molecule has 0 aliphatic carbocycles. The van der Waals surface area contributed by atoms with Crippen molar-refractivity contribution in [3.05, 3.63) is 47.6 Å². The number of rotatable bonds is 1. The summed E-state index contributed by atoms with van der Waals surface area (Å²) in [7, 11) is 0. The normalized spacial score (nSPS) is 10.9. The predicted octanol–water partition coefficient (Wildman–Crippen LogP) is 3.73. The molecule has 3 aromatic rings. The average Bonchev–Trinajstić information content (AvgIpc) is 2.72. The third-order valence-electron chi connectivity index (χ3n) is 2.52. The maximum Gasteiger partial charge on any atom is 0.153 e. The molecular weight excluding hydrogens is 236 g/mol. The molecule has 0 saturated heterocycles. The van der Waals surface area contributed by atoms with Crippen LogP contribution in [0.1, 0.15) is 0 Å². The molecule has 0 spiro atoms. The van der Waals surface area contributed by atoms with Crippen molar-refractivity contribution in [1.82, 2.24) is 4.98 Å². The molecule has 0 saturated carbocycles. The van der Waals surface area contributed by atoms with Crippen LogP contribution in [-0.2, 0) is 0 Å². The van der Waals surface area contributed by atoms with Gasteiger partial charge in [-0.2, -0.15) is 0 Å². The van der Waals surface area contributed by atoms with Crippen LogP contribution in [0.3, 0.4) is 0 Å². The number of halogens is 1. The fourth-order valence-corrected chi connectivity index (χ4v) is 1.87. The van der Waals surface area contributed by atoms with Crippen molar-refractivity contribution in [3.8, 4) is 11.5 Å². The van der Waals surface area contributed by atoms with Crippen LogP contribution in [0, 0.1) is 0 Å². The van der Waals surface area contributed by atoms with E-state index in [0.717, 1.165) is 16.7 Å². The molecule has 3 rings (SSSR count). The lowest BCUT2D eigenvalue weighted by molar-refractivity contribution is 0.629. The summed E-state index contributed by atoms with van der Waals surface area (Å²) in [6.45, 7) is 0. The van der Waals surface area contributed by atoms with Gasteiger partial charge in [-0.05, 0) is 30.3 Å². The van der Waals surface area contributed by atoms with E-state index in [1.54, 1.807) is 24.4 Å². The Hall–Kier alpha value is -2.00. The number of nitrogens with zero attached hydrogens (tertiary/aromatic N) is 1. The highest BCUT2D eigenvalue weighted by atomic mass is 35.5. The number of anilines is 1. The van der Waals surface area contributed by atoms with E-state index in [2.05, 4.69) is 4.98 Å². The second kappa shape index (κ2) is 3.79. The van der Waals surface area contributed by atoms with E-state index in [1.807, 2.05) is 18.2 Å². The Morgan fingerprint density at radius 2 is 2.00 bits per heavy atom. The molecule has 2 heterocycles. The molecule has 4 heteroatoms. The SMILES string of the molecule is Nc1ccnc(-c2cc3ccc(Cl)cc3o2)c1. The summed E-state index contributed by atoms with van der Waals surface area (Å²) in [5, 5.41) is 1.65. The van der Waals surface area contributed by atoms with Gasteiger partial charge >= 0.3 is 0 Å². The van der Waals surface area contributed by atoms with Crippen molar-refractivity contribution in [3.63, 3.8) is 0 Å². The molecule has 17 heavy (non-hydrogen) atoms. The number of fused-ring (bicyclic) bond motifs is 1. The van der Waals surface area contributed by atoms with Gasteiger partial charge in [0.25, 0.3) is 0 Å². The Balaban J connectivity index is 2.18. The van der Waals surface area contributed by atoms with Crippen molar-refractivity contribution in [1.29, 1.82) is 0 Å². The Bertz CT molecular complexity index is 691. The van der Waals surface area contributed by atoms with Crippen LogP contribution in [0.25, 0.3) is 22.4 Å². The molecule has 1 aromatic carbocycles. The van der Waals surface area contributed by atoms with Gasteiger partial charge in [-0.1, -0.05) is 11.6 Å². The van der Waals surface area contributed by atoms with Crippen molar-refractivity contribution in [2.24, 2.45) is 0 Å². The minimum atomic E-state index is 0.652. The van der Waals surface area contributed by atoms with E-state index in [-0.39, 0.29) is 0 Å². The zero-order valence-corrected chi connectivity index (χ0v) is 9.61. The van der Waals surface area contributed by atoms with Crippen LogP contribution < -0.4 is 5.73 Å². The average molecular weight is 245 g/mol. The largest absolute Gasteiger partial charge is 0.454 e. The monoisotopic (exact) mass is 244 g/mol. The first kappa shape index (κ1) is 10.2. The van der Waals surface area contributed by atoms with E-state index in [4.69, 9.17) is 21.8 Å². The Morgan fingerprint density at radius 1 is 1.12 bits per heavy atom. The Labute approximate surface area is 103 Å². The summed E-state index contributed by atoms with van der Waals surface area (Å²) in [5.74, 6) is 0.689. The van der Waals surface area contributed by atoms with Crippen LogP contribution in [0.4, 0.5) is 5.69 Å². The number of hydrogen-bond acceptors (Lipinski definition) is 3. The van der Waals surface area contributed by atoms with Crippen LogP contribution in [0.5, 0.6) is 0 Å². The highest BCUT2D eigenvalue weighted by molar-refractivity contribution is 6.31. The number of nitrogen functional groups attached to an aromatic ring is 1. The second-order valence-electron chi connectivity index (χ2n) is 3.77. The smallest absolute Gasteiger partial charge is 0.153 e. The summed E-state index contributed by atoms with van der Waals surface area (Å²) in [4.78, 5) is 4.22. The zero-order valence-electron chi connectivity index (χ0n) is 8.85. The van der Waals surface area contributed by atoms with Crippen molar-refractivity contribution >= 4 is 28.3 Å². The molecule has 0 bridgehead atoms. The van der Waals surface area contributed by atoms with E-state index >= 15 is 0 Å². The third kappa shape index (κ3) is 1.85. The third-order valence-corrected chi connectivity index (χ3v) is 2.75. The highest BCUT2D eigenvalue weighted by Gasteiger charge is 2.07. The number of benzene rings is 1. The molecule has 2 N–H and O–H groups in total. The molecule has 0 aliphatic heterocycles. The van der Waals surface area contributed by atoms with Gasteiger partial charge in [0, 0.05) is 28.4 Å². The van der Waals surface area contributed by atoms with Gasteiger partial charge in [-0.25, -0.2) is 0 Å². The first-order valence-electron chi connectivity index (χ1n) is 5.13. The fraction of sp³-hybridized carbons (Fsp3) is 0. The molecule has 84 valence electrons. The van der Waals surface area contributed by atoms with Gasteiger partial charge in [0.2, 0.25) is 0 Å². The van der Waals surface area contributed by atoms with Crippen molar-refractivity contribution in [2.45, 2.75) is 0 Å². The molecule has 0 unspecified atom stereocenters. The maximum absolute atomic E-state index is 5.90. The standard InChI is InChI=1S/C13H9ClN2O/c14-9-2-1-8-5-13(17-12(8)6-9)11-7-10(15)3-4-16-11/h1-7H,(H2,15,16). The lowest BCUT2D eigenvalue weighted by Crippen LogP contribution is -1.86. The van der Waals surface area contributed by atoms with Gasteiger partial charge in [0.05, 0.1) is 0 Å². The highest BCUT2D eigenvalue weighted by Crippen LogP contribution is 2.28. The summed E-state index contributed by atoms with van der Waals surface area (Å²) in [5.41, 5.74) is 7.84. The molecule has 0 atom stereocenters. The Morgan fingerprint density at radius 3 is 2.82 bits per heavy atom. The summed E-state index contributed by atoms with van der Waals surface area (Å²) >= 11 is 5.90. The summed E-state index contributed by atoms with van der Waals surface area (Å²) in [6.07, 6.45) is 1.66. The van der Waals surface area contributed by atoms with Gasteiger partial charge < -0.3 is 10.2 Å². The minimum absolute atomic E-state index is 0.652. The molecule has 0 aliphatic rings. The number of furan rings is 1. The first-order chi connectivity index (χ1) is 8.22. The van der Waals surface area contributed by atoms with Crippen LogP contribution in [0.2, 0.25) is 5.02 Å². The fourth-order valence-electron chi connectivity index (χ4n) is 1.71. The van der Waals surface area contributed by atoms with Crippen LogP contribution in [-0.4, -0.2) is 4.98 Å². The van der Waals surface area contributed by atoms with Crippen LogP contribution >= 0.6 is 11.6 Å². The lowest BCUT2D eigenvalue weighted by Gasteiger charge is -1.96. The first-order valence-corrected chi connectivity index (χ1v) is 5.51. The van der Waals surface area contributed by atoms with E-state index in [0.29, 0.717) is 16.5 Å². The van der Waals surface area contributed by atoms with Gasteiger partial charge in [-0.15, -0.1) is 0 Å². The minimum Gasteiger partial charge on any atom is -0.454 e. The molecule has 2 aromatic heterocycles. The van der Waals surface area contributed by atoms with Crippen LogP contribution in [0.15, 0.2) is 47.0 Å². The lowest BCUT2D eigenvalue weighted by atomic mass is 10.2. The molecule has 0 radical (unpaired) electrons. The summed E-state index contributed by atoms with van der Waals surface area (Å²) in [6, 6.07) is 11.0. The topological polar surface area (TPSA) is 52.0 Å². The molecule has 0 fully saturated rings. The second-order valence-corrected chi connectivity index (χ2v) is 4.20. The Kier molecular flexibility index (Phi) is 2.27. The molecule has 3 nitrogen and oxygen atoms in total. The van der Waals surface area contributed by atoms with Gasteiger partial charge in [0.15, 0.2) is 5.76 Å². The van der Waals surface area contributed by atoms with Gasteiger partial charge in [-0.3, -0.25) is 4.98 Å². The number of hydrogen-bond donors (Lipinski definition) is 1. The number of nitrogens with two attached hydrogens (primary N) is 1.